The number of carbonyl (C=O) groups excluding carboxylic acids is 1. The fourth-order valence-electron chi connectivity index (χ4n) is 3.32. The molecule has 1 aromatic rings. The van der Waals surface area contributed by atoms with Gasteiger partial charge in [0.1, 0.15) is 5.82 Å². The first-order valence-electron chi connectivity index (χ1n) is 6.99. The number of benzene rings is 1. The molecule has 0 aromatic heterocycles. The molecule has 1 aliphatic carbocycles. The third kappa shape index (κ3) is 2.09. The number of ketones is 1. The number of carbonyl (C=O) groups is 1. The van der Waals surface area contributed by atoms with Crippen LogP contribution in [0.25, 0.3) is 0 Å². The van der Waals surface area contributed by atoms with Gasteiger partial charge in [-0.05, 0) is 46.5 Å². The fraction of sp³-hybridized carbons (Fsp3) is 0.312. The molecule has 1 N–H and O–H groups in total. The van der Waals surface area contributed by atoms with E-state index in [2.05, 4.69) is 21.2 Å². The molecule has 108 valence electrons. The minimum atomic E-state index is -0.270. The van der Waals surface area contributed by atoms with Crippen LogP contribution >= 0.6 is 27.7 Å². The lowest BCUT2D eigenvalue weighted by molar-refractivity contribution is -0.115. The third-order valence-electron chi connectivity index (χ3n) is 4.26. The highest BCUT2D eigenvalue weighted by atomic mass is 79.9. The van der Waals surface area contributed by atoms with Gasteiger partial charge in [-0.25, -0.2) is 4.39 Å². The molecule has 0 unspecified atom stereocenters. The van der Waals surface area contributed by atoms with Gasteiger partial charge in [0.05, 0.1) is 4.47 Å². The Kier molecular flexibility index (Phi) is 3.23. The molecule has 2 nitrogen and oxygen atoms in total. The standard InChI is InChI=1S/C16H13BrFNOS/c17-9-7-8(1-2-10(9)18)14-15-11(3-4-13(15)20)19-12-5-6-21-16(12)14/h1-2,7,14,19H,3-6H2/t14-/m1/s1. The molecule has 0 fully saturated rings. The van der Waals surface area contributed by atoms with Crippen LogP contribution in [0, 0.1) is 5.82 Å². The van der Waals surface area contributed by atoms with Gasteiger partial charge in [-0.1, -0.05) is 6.07 Å². The fourth-order valence-corrected chi connectivity index (χ4v) is 4.99. The predicted molar refractivity (Wildman–Crippen MR) is 85.3 cm³/mol. The Bertz CT molecular complexity index is 725. The van der Waals surface area contributed by atoms with Crippen molar-refractivity contribution >= 4 is 33.5 Å². The van der Waals surface area contributed by atoms with Crippen molar-refractivity contribution in [2.75, 3.05) is 5.75 Å². The summed E-state index contributed by atoms with van der Waals surface area (Å²) in [6.45, 7) is 0. The number of hydrogen-bond donors (Lipinski definition) is 1. The van der Waals surface area contributed by atoms with Gasteiger partial charge in [0.2, 0.25) is 0 Å². The quantitative estimate of drug-likeness (QED) is 0.806. The highest BCUT2D eigenvalue weighted by molar-refractivity contribution is 9.10. The van der Waals surface area contributed by atoms with Crippen molar-refractivity contribution in [3.8, 4) is 0 Å². The molecular formula is C16H13BrFNOS. The van der Waals surface area contributed by atoms with E-state index in [4.69, 9.17) is 0 Å². The van der Waals surface area contributed by atoms with E-state index in [1.807, 2.05) is 17.8 Å². The van der Waals surface area contributed by atoms with Crippen LogP contribution in [0.2, 0.25) is 0 Å². The Balaban J connectivity index is 1.87. The lowest BCUT2D eigenvalue weighted by Gasteiger charge is -2.27. The van der Waals surface area contributed by atoms with Crippen LogP contribution in [0.3, 0.4) is 0 Å². The second-order valence-corrected chi connectivity index (χ2v) is 7.48. The smallest absolute Gasteiger partial charge is 0.161 e. The van der Waals surface area contributed by atoms with Crippen LogP contribution < -0.4 is 5.32 Å². The first-order chi connectivity index (χ1) is 10.1. The first kappa shape index (κ1) is 13.6. The predicted octanol–water partition coefficient (Wildman–Crippen LogP) is 4.24. The topological polar surface area (TPSA) is 29.1 Å². The highest BCUT2D eigenvalue weighted by Gasteiger charge is 2.39. The molecule has 2 aliphatic heterocycles. The van der Waals surface area contributed by atoms with Gasteiger partial charge >= 0.3 is 0 Å². The number of dihydropyridines is 1. The largest absolute Gasteiger partial charge is 0.361 e. The van der Waals surface area contributed by atoms with E-state index < -0.39 is 0 Å². The summed E-state index contributed by atoms with van der Waals surface area (Å²) in [7, 11) is 0. The van der Waals surface area contributed by atoms with Gasteiger partial charge in [-0.15, -0.1) is 11.8 Å². The second-order valence-electron chi connectivity index (χ2n) is 5.49. The summed E-state index contributed by atoms with van der Waals surface area (Å²) in [4.78, 5) is 13.6. The molecule has 0 saturated carbocycles. The van der Waals surface area contributed by atoms with E-state index in [0.29, 0.717) is 10.9 Å². The van der Waals surface area contributed by atoms with E-state index in [1.54, 1.807) is 6.07 Å². The summed E-state index contributed by atoms with van der Waals surface area (Å²) >= 11 is 5.07. The molecule has 1 aromatic carbocycles. The second kappa shape index (κ2) is 4.99. The van der Waals surface area contributed by atoms with Crippen molar-refractivity contribution in [2.45, 2.75) is 25.2 Å². The van der Waals surface area contributed by atoms with E-state index in [9.17, 15) is 9.18 Å². The summed E-state index contributed by atoms with van der Waals surface area (Å²) < 4.78 is 14.0. The SMILES string of the molecule is O=C1CCC2=C1[C@@H](c1ccc(F)c(Br)c1)C1=C(CCS1)N2. The van der Waals surface area contributed by atoms with E-state index in [-0.39, 0.29) is 17.5 Å². The molecule has 3 aliphatic rings. The Labute approximate surface area is 135 Å². The van der Waals surface area contributed by atoms with Crippen molar-refractivity contribution in [1.82, 2.24) is 5.32 Å². The molecule has 0 bridgehead atoms. The third-order valence-corrected chi connectivity index (χ3v) is 6.07. The first-order valence-corrected chi connectivity index (χ1v) is 8.77. The number of hydrogen-bond acceptors (Lipinski definition) is 3. The van der Waals surface area contributed by atoms with Crippen molar-refractivity contribution in [1.29, 1.82) is 0 Å². The number of rotatable bonds is 1. The molecular weight excluding hydrogens is 353 g/mol. The average molecular weight is 366 g/mol. The molecule has 0 amide bonds. The lowest BCUT2D eigenvalue weighted by atomic mass is 9.86. The van der Waals surface area contributed by atoms with Crippen LogP contribution in [0.4, 0.5) is 4.39 Å². The van der Waals surface area contributed by atoms with Crippen molar-refractivity contribution in [2.24, 2.45) is 0 Å². The maximum Gasteiger partial charge on any atom is 0.161 e. The minimum absolute atomic E-state index is 0.0179. The van der Waals surface area contributed by atoms with Gasteiger partial charge in [0, 0.05) is 40.0 Å². The summed E-state index contributed by atoms with van der Waals surface area (Å²) in [5, 5.41) is 3.47. The normalized spacial score (nSPS) is 24.3. The molecule has 21 heavy (non-hydrogen) atoms. The van der Waals surface area contributed by atoms with Gasteiger partial charge in [-0.3, -0.25) is 4.79 Å². The van der Waals surface area contributed by atoms with Crippen molar-refractivity contribution in [3.63, 3.8) is 0 Å². The van der Waals surface area contributed by atoms with Gasteiger partial charge in [-0.2, -0.15) is 0 Å². The van der Waals surface area contributed by atoms with E-state index in [0.717, 1.165) is 35.4 Å². The van der Waals surface area contributed by atoms with Crippen LogP contribution in [-0.4, -0.2) is 11.5 Å². The molecule has 0 spiro atoms. The minimum Gasteiger partial charge on any atom is -0.361 e. The van der Waals surface area contributed by atoms with Crippen LogP contribution in [0.5, 0.6) is 0 Å². The Morgan fingerprint density at radius 2 is 2.10 bits per heavy atom. The van der Waals surface area contributed by atoms with Gasteiger partial charge in [0.25, 0.3) is 0 Å². The molecule has 5 heteroatoms. The van der Waals surface area contributed by atoms with Crippen LogP contribution in [-0.2, 0) is 4.79 Å². The molecule has 0 radical (unpaired) electrons. The number of allylic oxidation sites excluding steroid dienone is 4. The number of Topliss-reactive ketones (excluding diaryl/α,β-unsaturated/α-hetero) is 1. The monoisotopic (exact) mass is 365 g/mol. The Morgan fingerprint density at radius 3 is 2.90 bits per heavy atom. The summed E-state index contributed by atoms with van der Waals surface area (Å²) in [5.41, 5.74) is 4.21. The maximum absolute atomic E-state index is 13.5. The lowest BCUT2D eigenvalue weighted by Crippen LogP contribution is -2.23. The number of halogens is 2. The molecule has 0 saturated heterocycles. The van der Waals surface area contributed by atoms with Crippen molar-refractivity contribution < 1.29 is 9.18 Å². The Hall–Kier alpha value is -1.07. The summed E-state index contributed by atoms with van der Waals surface area (Å²) in [6, 6.07) is 5.09. The van der Waals surface area contributed by atoms with E-state index in [1.165, 1.54) is 16.7 Å². The van der Waals surface area contributed by atoms with E-state index >= 15 is 0 Å². The number of nitrogens with one attached hydrogen (secondary N) is 1. The van der Waals surface area contributed by atoms with Crippen LogP contribution in [0.1, 0.15) is 30.7 Å². The van der Waals surface area contributed by atoms with Gasteiger partial charge < -0.3 is 5.32 Å². The van der Waals surface area contributed by atoms with Crippen LogP contribution in [0.15, 0.2) is 44.5 Å². The van der Waals surface area contributed by atoms with Gasteiger partial charge in [0.15, 0.2) is 5.78 Å². The molecule has 4 rings (SSSR count). The molecule has 2 heterocycles. The zero-order valence-electron chi connectivity index (χ0n) is 11.2. The average Bonchev–Trinajstić information content (AvgIpc) is 3.07. The zero-order chi connectivity index (χ0) is 14.6. The van der Waals surface area contributed by atoms with Crippen molar-refractivity contribution in [3.05, 3.63) is 55.9 Å². The summed E-state index contributed by atoms with van der Waals surface area (Å²) in [6.07, 6.45) is 2.40. The zero-order valence-corrected chi connectivity index (χ0v) is 13.6. The Morgan fingerprint density at radius 1 is 1.24 bits per heavy atom. The highest BCUT2D eigenvalue weighted by Crippen LogP contribution is 2.50. The number of thioether (sulfide) groups is 1. The maximum atomic E-state index is 13.5. The molecule has 1 atom stereocenters. The summed E-state index contributed by atoms with van der Waals surface area (Å²) in [5.74, 6) is 0.983.